The van der Waals surface area contributed by atoms with Gasteiger partial charge in [-0.05, 0) is 48.9 Å². The molecule has 0 aliphatic heterocycles. The minimum atomic E-state index is -4.58. The number of carbonyl (C=O) groups excluding carboxylic acids is 1. The molecule has 0 aliphatic carbocycles. The number of rotatable bonds is 7. The van der Waals surface area contributed by atoms with Crippen LogP contribution in [0.4, 0.5) is 24.5 Å². The zero-order valence-corrected chi connectivity index (χ0v) is 17.9. The third-order valence-corrected chi connectivity index (χ3v) is 5.73. The smallest absolute Gasteiger partial charge is 0.416 e. The Labute approximate surface area is 177 Å². The van der Waals surface area contributed by atoms with Gasteiger partial charge in [0.25, 0.3) is 5.91 Å². The monoisotopic (exact) mass is 464 g/mol. The number of hydrogen-bond acceptors (Lipinski definition) is 4. The Bertz CT molecular complexity index is 1010. The number of benzene rings is 2. The van der Waals surface area contributed by atoms with E-state index in [1.807, 2.05) is 0 Å². The number of amides is 1. The first-order chi connectivity index (χ1) is 13.8. The molecule has 6 nitrogen and oxygen atoms in total. The molecule has 0 radical (unpaired) electrons. The Morgan fingerprint density at radius 2 is 1.80 bits per heavy atom. The van der Waals surface area contributed by atoms with Crippen molar-refractivity contribution in [2.24, 2.45) is 0 Å². The summed E-state index contributed by atoms with van der Waals surface area (Å²) in [7, 11) is -2.03. The van der Waals surface area contributed by atoms with Crippen LogP contribution in [0.3, 0.4) is 0 Å². The average molecular weight is 465 g/mol. The van der Waals surface area contributed by atoms with Gasteiger partial charge in [0.05, 0.1) is 28.2 Å². The van der Waals surface area contributed by atoms with E-state index in [0.29, 0.717) is 5.69 Å². The minimum absolute atomic E-state index is 0.0423. The molecule has 0 fully saturated rings. The van der Waals surface area contributed by atoms with Crippen LogP contribution in [0.15, 0.2) is 42.5 Å². The van der Waals surface area contributed by atoms with Crippen molar-refractivity contribution in [1.82, 2.24) is 0 Å². The molecule has 30 heavy (non-hydrogen) atoms. The summed E-state index contributed by atoms with van der Waals surface area (Å²) >= 11 is 5.91. The van der Waals surface area contributed by atoms with E-state index in [4.69, 9.17) is 16.3 Å². The van der Waals surface area contributed by atoms with Crippen LogP contribution in [0.1, 0.15) is 18.9 Å². The van der Waals surface area contributed by atoms with Crippen molar-refractivity contribution < 1.29 is 31.1 Å². The molecule has 2 aromatic rings. The second-order valence-corrected chi connectivity index (χ2v) is 8.84. The molecule has 1 N–H and O–H groups in total. The molecule has 1 atom stereocenters. The molecule has 0 aromatic heterocycles. The maximum absolute atomic E-state index is 12.9. The Morgan fingerprint density at radius 1 is 1.20 bits per heavy atom. The maximum atomic E-state index is 12.9. The number of ether oxygens (including phenoxy) is 1. The highest BCUT2D eigenvalue weighted by Gasteiger charge is 2.31. The van der Waals surface area contributed by atoms with Crippen LogP contribution in [0.5, 0.6) is 5.75 Å². The Morgan fingerprint density at radius 3 is 2.30 bits per heavy atom. The van der Waals surface area contributed by atoms with Crippen LogP contribution in [0.2, 0.25) is 5.02 Å². The molecule has 164 valence electrons. The van der Waals surface area contributed by atoms with Gasteiger partial charge in [0.2, 0.25) is 10.0 Å². The number of hydrogen-bond donors (Lipinski definition) is 1. The number of halogens is 4. The van der Waals surface area contributed by atoms with Crippen molar-refractivity contribution in [2.75, 3.05) is 22.9 Å². The lowest BCUT2D eigenvalue weighted by Gasteiger charge is -2.20. The predicted molar refractivity (Wildman–Crippen MR) is 109 cm³/mol. The molecule has 0 saturated carbocycles. The second kappa shape index (κ2) is 9.13. The van der Waals surface area contributed by atoms with Gasteiger partial charge in [-0.2, -0.15) is 13.2 Å². The fourth-order valence-electron chi connectivity index (χ4n) is 2.42. The van der Waals surface area contributed by atoms with E-state index >= 15 is 0 Å². The first-order valence-corrected chi connectivity index (χ1v) is 10.9. The zero-order chi connectivity index (χ0) is 22.7. The molecule has 0 unspecified atom stereocenters. The molecular weight excluding hydrogens is 445 g/mol. The highest BCUT2D eigenvalue weighted by Crippen LogP contribution is 2.34. The number of nitrogens with one attached hydrogen (secondary N) is 1. The van der Waals surface area contributed by atoms with Crippen LogP contribution in [0.25, 0.3) is 0 Å². The average Bonchev–Trinajstić information content (AvgIpc) is 2.66. The highest BCUT2D eigenvalue weighted by atomic mass is 35.5. The molecule has 1 amide bonds. The van der Waals surface area contributed by atoms with E-state index in [1.165, 1.54) is 31.3 Å². The summed E-state index contributed by atoms with van der Waals surface area (Å²) in [4.78, 5) is 12.5. The first-order valence-electron chi connectivity index (χ1n) is 8.71. The van der Waals surface area contributed by atoms with E-state index in [0.717, 1.165) is 28.8 Å². The van der Waals surface area contributed by atoms with Crippen LogP contribution in [-0.2, 0) is 21.0 Å². The largest absolute Gasteiger partial charge is 0.481 e. The minimum Gasteiger partial charge on any atom is -0.481 e. The summed E-state index contributed by atoms with van der Waals surface area (Å²) in [5.74, 6) is -0.381. The predicted octanol–water partition coefficient (Wildman–Crippen LogP) is 4.55. The fourth-order valence-corrected chi connectivity index (χ4v) is 3.09. The van der Waals surface area contributed by atoms with Crippen molar-refractivity contribution in [1.29, 1.82) is 0 Å². The highest BCUT2D eigenvalue weighted by molar-refractivity contribution is 7.92. The molecule has 0 bridgehead atoms. The molecule has 11 heteroatoms. The summed E-state index contributed by atoms with van der Waals surface area (Å²) in [6, 6.07) is 8.62. The van der Waals surface area contributed by atoms with Gasteiger partial charge in [0.15, 0.2) is 6.10 Å². The van der Waals surface area contributed by atoms with Gasteiger partial charge in [0, 0.05) is 7.05 Å². The van der Waals surface area contributed by atoms with Crippen molar-refractivity contribution in [3.63, 3.8) is 0 Å². The summed E-state index contributed by atoms with van der Waals surface area (Å²) in [6.45, 7) is 1.67. The van der Waals surface area contributed by atoms with Crippen LogP contribution < -0.4 is 14.4 Å². The summed E-state index contributed by atoms with van der Waals surface area (Å²) in [5.41, 5.74) is -0.719. The van der Waals surface area contributed by atoms with Crippen molar-refractivity contribution in [2.45, 2.75) is 25.6 Å². The number of carbonyl (C=O) groups is 1. The quantitative estimate of drug-likeness (QED) is 0.652. The van der Waals surface area contributed by atoms with E-state index in [1.54, 1.807) is 6.92 Å². The van der Waals surface area contributed by atoms with Gasteiger partial charge in [-0.1, -0.05) is 18.5 Å². The van der Waals surface area contributed by atoms with Gasteiger partial charge in [0.1, 0.15) is 5.75 Å². The van der Waals surface area contributed by atoms with Gasteiger partial charge in [-0.25, -0.2) is 8.42 Å². The molecule has 0 heterocycles. The maximum Gasteiger partial charge on any atom is 0.416 e. The normalized spacial score (nSPS) is 12.9. The molecule has 0 aliphatic rings. The zero-order valence-electron chi connectivity index (χ0n) is 16.3. The number of anilines is 2. The lowest BCUT2D eigenvalue weighted by molar-refractivity contribution is -0.137. The summed E-state index contributed by atoms with van der Waals surface area (Å²) in [5, 5.41) is 2.32. The standard InChI is InChI=1S/C19H20ClF3N2O4S/c1-4-17(29-14-8-6-13(7-9-14)25(2)30(3,27)28)18(26)24-16-11-12(19(21,22)23)5-10-15(16)20/h5-11,17H,4H2,1-3H3,(H,24,26)/t17-/m0/s1. The van der Waals surface area contributed by atoms with Crippen molar-refractivity contribution in [3.05, 3.63) is 53.1 Å². The lowest BCUT2D eigenvalue weighted by Crippen LogP contribution is -2.32. The molecule has 0 spiro atoms. The third kappa shape index (κ3) is 6.02. The third-order valence-electron chi connectivity index (χ3n) is 4.19. The van der Waals surface area contributed by atoms with Crippen LogP contribution in [-0.4, -0.2) is 33.7 Å². The van der Waals surface area contributed by atoms with Gasteiger partial charge < -0.3 is 10.1 Å². The van der Waals surface area contributed by atoms with Gasteiger partial charge in [-0.3, -0.25) is 9.10 Å². The number of alkyl halides is 3. The Hall–Kier alpha value is -2.46. The molecule has 2 aromatic carbocycles. The van der Waals surface area contributed by atoms with E-state index in [2.05, 4.69) is 5.32 Å². The topological polar surface area (TPSA) is 75.7 Å². The van der Waals surface area contributed by atoms with Crippen molar-refractivity contribution in [3.8, 4) is 5.75 Å². The van der Waals surface area contributed by atoms with E-state index in [-0.39, 0.29) is 22.9 Å². The van der Waals surface area contributed by atoms with Crippen LogP contribution in [0, 0.1) is 0 Å². The van der Waals surface area contributed by atoms with E-state index in [9.17, 15) is 26.4 Å². The van der Waals surface area contributed by atoms with E-state index < -0.39 is 33.8 Å². The SMILES string of the molecule is CC[C@H](Oc1ccc(N(C)S(C)(=O)=O)cc1)C(=O)Nc1cc(C(F)(F)F)ccc1Cl. The van der Waals surface area contributed by atoms with Crippen LogP contribution >= 0.6 is 11.6 Å². The lowest BCUT2D eigenvalue weighted by atomic mass is 10.1. The second-order valence-electron chi connectivity index (χ2n) is 6.42. The Kier molecular flexibility index (Phi) is 7.25. The Balaban J connectivity index is 2.14. The summed E-state index contributed by atoms with van der Waals surface area (Å²) < 4.78 is 68.5. The fraction of sp³-hybridized carbons (Fsp3) is 0.316. The number of sulfonamides is 1. The molecular formula is C19H20ClF3N2O4S. The molecule has 0 saturated heterocycles. The molecule has 2 rings (SSSR count). The number of nitrogens with zero attached hydrogens (tertiary/aromatic N) is 1. The summed E-state index contributed by atoms with van der Waals surface area (Å²) in [6.07, 6.45) is -4.29. The first kappa shape index (κ1) is 23.8. The van der Waals surface area contributed by atoms with Gasteiger partial charge >= 0.3 is 6.18 Å². The van der Waals surface area contributed by atoms with Gasteiger partial charge in [-0.15, -0.1) is 0 Å². The van der Waals surface area contributed by atoms with Crippen molar-refractivity contribution >= 4 is 38.9 Å².